The Morgan fingerprint density at radius 3 is 2.49 bits per heavy atom. The van der Waals surface area contributed by atoms with Gasteiger partial charge in [-0.3, -0.25) is 14.4 Å². The number of nitrogens with one attached hydrogen (secondary N) is 2. The van der Waals surface area contributed by atoms with Gasteiger partial charge < -0.3 is 15.0 Å². The van der Waals surface area contributed by atoms with Crippen molar-refractivity contribution in [3.63, 3.8) is 0 Å². The van der Waals surface area contributed by atoms with Crippen LogP contribution in [0.4, 0.5) is 0 Å². The Hall–Kier alpha value is -2.39. The van der Waals surface area contributed by atoms with Gasteiger partial charge in [0.1, 0.15) is 6.04 Å². The SMILES string of the molecule is C[C@H](c1ccccc1)N1CCS/C1=N\NC(=O)C(=O)C(NC(=O)C1CCCCC1)C1CCOCC1. The second kappa shape index (κ2) is 12.5. The summed E-state index contributed by atoms with van der Waals surface area (Å²) >= 11 is 1.56. The number of thioether (sulfide) groups is 1. The monoisotopic (exact) mass is 500 g/mol. The van der Waals surface area contributed by atoms with Crippen LogP contribution in [0.25, 0.3) is 0 Å². The molecular weight excluding hydrogens is 464 g/mol. The lowest BCUT2D eigenvalue weighted by molar-refractivity contribution is -0.142. The summed E-state index contributed by atoms with van der Waals surface area (Å²) in [6.45, 7) is 3.97. The van der Waals surface area contributed by atoms with Crippen molar-refractivity contribution in [3.8, 4) is 0 Å². The van der Waals surface area contributed by atoms with Gasteiger partial charge in [-0.25, -0.2) is 5.43 Å². The second-order valence-corrected chi connectivity index (χ2v) is 10.7. The lowest BCUT2D eigenvalue weighted by Gasteiger charge is -2.31. The Morgan fingerprint density at radius 1 is 1.06 bits per heavy atom. The number of Topliss-reactive ketones (excluding diaryl/α,β-unsaturated/α-hetero) is 1. The third kappa shape index (κ3) is 6.64. The van der Waals surface area contributed by atoms with Gasteiger partial charge in [0.15, 0.2) is 5.17 Å². The van der Waals surface area contributed by atoms with Crippen molar-refractivity contribution in [1.29, 1.82) is 0 Å². The Labute approximate surface area is 211 Å². The van der Waals surface area contributed by atoms with Crippen molar-refractivity contribution in [2.45, 2.75) is 64.0 Å². The number of nitrogens with zero attached hydrogens (tertiary/aromatic N) is 2. The third-order valence-corrected chi connectivity index (χ3v) is 8.30. The molecule has 4 rings (SSSR count). The van der Waals surface area contributed by atoms with Crippen molar-refractivity contribution in [1.82, 2.24) is 15.6 Å². The van der Waals surface area contributed by atoms with Gasteiger partial charge in [0.05, 0.1) is 6.04 Å². The van der Waals surface area contributed by atoms with Crippen molar-refractivity contribution < 1.29 is 19.1 Å². The number of rotatable bonds is 8. The number of hydrogen-bond donors (Lipinski definition) is 2. The first-order valence-corrected chi connectivity index (χ1v) is 13.8. The standard InChI is InChI=1S/C26H36N4O4S/c1-18(19-8-4-2-5-9-19)30-14-17-35-26(30)29-28-25(33)23(31)22(20-12-15-34-16-13-20)27-24(32)21-10-6-3-7-11-21/h2,4-5,8-9,18,20-22H,3,6-7,10-17H2,1H3,(H,27,32)(H,28,33)/b29-26-/t18-,22?/m1/s1. The van der Waals surface area contributed by atoms with Crippen LogP contribution in [0.1, 0.15) is 63.5 Å². The summed E-state index contributed by atoms with van der Waals surface area (Å²) in [7, 11) is 0. The van der Waals surface area contributed by atoms with Crippen molar-refractivity contribution in [2.75, 3.05) is 25.5 Å². The molecule has 2 N–H and O–H groups in total. The van der Waals surface area contributed by atoms with E-state index in [0.29, 0.717) is 31.2 Å². The smallest absolute Gasteiger partial charge is 0.309 e. The molecule has 1 aromatic carbocycles. The number of carbonyl (C=O) groups excluding carboxylic acids is 3. The summed E-state index contributed by atoms with van der Waals surface area (Å²) < 4.78 is 5.44. The highest BCUT2D eigenvalue weighted by Gasteiger charge is 2.36. The number of ether oxygens (including phenoxy) is 1. The maximum atomic E-state index is 13.2. The molecule has 2 saturated heterocycles. The molecule has 2 heterocycles. The van der Waals surface area contributed by atoms with E-state index < -0.39 is 17.7 Å². The highest BCUT2D eigenvalue weighted by Crippen LogP contribution is 2.29. The van der Waals surface area contributed by atoms with E-state index in [4.69, 9.17) is 4.74 Å². The summed E-state index contributed by atoms with van der Waals surface area (Å²) in [6.07, 6.45) is 6.17. The topological polar surface area (TPSA) is 100 Å². The van der Waals surface area contributed by atoms with Gasteiger partial charge in [-0.1, -0.05) is 61.4 Å². The van der Waals surface area contributed by atoms with Crippen molar-refractivity contribution >= 4 is 34.5 Å². The van der Waals surface area contributed by atoms with Crippen LogP contribution in [0.5, 0.6) is 0 Å². The first-order chi connectivity index (χ1) is 17.0. The Bertz CT molecular complexity index is 913. The Kier molecular flexibility index (Phi) is 9.20. The largest absolute Gasteiger partial charge is 0.381 e. The van der Waals surface area contributed by atoms with Crippen LogP contribution in [0.3, 0.4) is 0 Å². The van der Waals surface area contributed by atoms with Gasteiger partial charge in [-0.15, -0.1) is 5.10 Å². The van der Waals surface area contributed by atoms with Gasteiger partial charge in [-0.2, -0.15) is 0 Å². The highest BCUT2D eigenvalue weighted by atomic mass is 32.2. The summed E-state index contributed by atoms with van der Waals surface area (Å²) in [6, 6.07) is 9.39. The quantitative estimate of drug-likeness (QED) is 0.420. The van der Waals surface area contributed by atoms with Crippen LogP contribution in [0, 0.1) is 11.8 Å². The fraction of sp³-hybridized carbons (Fsp3) is 0.615. The highest BCUT2D eigenvalue weighted by molar-refractivity contribution is 8.14. The number of amides is 2. The minimum atomic E-state index is -0.843. The molecule has 1 aliphatic carbocycles. The lowest BCUT2D eigenvalue weighted by atomic mass is 9.85. The molecule has 9 heteroatoms. The molecule has 1 unspecified atom stereocenters. The molecule has 190 valence electrons. The molecule has 8 nitrogen and oxygen atoms in total. The molecule has 0 aromatic heterocycles. The molecule has 1 aromatic rings. The van der Waals surface area contributed by atoms with Gasteiger partial charge in [-0.05, 0) is 44.1 Å². The van der Waals surface area contributed by atoms with Gasteiger partial charge in [0.2, 0.25) is 11.7 Å². The number of ketones is 1. The fourth-order valence-corrected chi connectivity index (χ4v) is 6.15. The predicted molar refractivity (Wildman–Crippen MR) is 137 cm³/mol. The molecular formula is C26H36N4O4S. The average molecular weight is 501 g/mol. The molecule has 2 atom stereocenters. The average Bonchev–Trinajstić information content (AvgIpc) is 3.39. The zero-order valence-electron chi connectivity index (χ0n) is 20.4. The minimum absolute atomic E-state index is 0.0786. The second-order valence-electron chi connectivity index (χ2n) is 9.60. The third-order valence-electron chi connectivity index (χ3n) is 7.33. The van der Waals surface area contributed by atoms with E-state index in [0.717, 1.165) is 50.0 Å². The van der Waals surface area contributed by atoms with E-state index in [1.165, 1.54) is 0 Å². The van der Waals surface area contributed by atoms with Crippen LogP contribution >= 0.6 is 11.8 Å². The normalized spacial score (nSPS) is 22.5. The lowest BCUT2D eigenvalue weighted by Crippen LogP contribution is -2.53. The number of benzene rings is 1. The number of amidine groups is 1. The first kappa shape index (κ1) is 25.7. The zero-order chi connectivity index (χ0) is 24.6. The molecule has 2 aliphatic heterocycles. The summed E-state index contributed by atoms with van der Waals surface area (Å²) in [5, 5.41) is 7.95. The molecule has 0 spiro atoms. The van der Waals surface area contributed by atoms with Crippen LogP contribution in [0.2, 0.25) is 0 Å². The summed E-state index contributed by atoms with van der Waals surface area (Å²) in [4.78, 5) is 41.2. The molecule has 2 amide bonds. The maximum Gasteiger partial charge on any atom is 0.309 e. The van der Waals surface area contributed by atoms with Crippen molar-refractivity contribution in [2.24, 2.45) is 16.9 Å². The number of hydrazone groups is 1. The first-order valence-electron chi connectivity index (χ1n) is 12.8. The predicted octanol–water partition coefficient (Wildman–Crippen LogP) is 3.24. The maximum absolute atomic E-state index is 13.2. The summed E-state index contributed by atoms with van der Waals surface area (Å²) in [5.74, 6) is -0.846. The van der Waals surface area contributed by atoms with E-state index in [9.17, 15) is 14.4 Å². The van der Waals surface area contributed by atoms with Gasteiger partial charge >= 0.3 is 5.91 Å². The fourth-order valence-electron chi connectivity index (χ4n) is 5.16. The van der Waals surface area contributed by atoms with E-state index >= 15 is 0 Å². The van der Waals surface area contributed by atoms with E-state index in [2.05, 4.69) is 39.8 Å². The van der Waals surface area contributed by atoms with Gasteiger partial charge in [0, 0.05) is 31.4 Å². The molecule has 3 fully saturated rings. The minimum Gasteiger partial charge on any atom is -0.381 e. The number of hydrogen-bond acceptors (Lipinski definition) is 6. The zero-order valence-corrected chi connectivity index (χ0v) is 21.2. The van der Waals surface area contributed by atoms with Crippen LogP contribution in [-0.2, 0) is 19.1 Å². The van der Waals surface area contributed by atoms with E-state index in [1.54, 1.807) is 11.8 Å². The molecule has 3 aliphatic rings. The van der Waals surface area contributed by atoms with Crippen molar-refractivity contribution in [3.05, 3.63) is 35.9 Å². The molecule has 0 bridgehead atoms. The summed E-state index contributed by atoms with van der Waals surface area (Å²) in [5.41, 5.74) is 3.65. The van der Waals surface area contributed by atoms with Crippen LogP contribution < -0.4 is 10.7 Å². The molecule has 0 radical (unpaired) electrons. The van der Waals surface area contributed by atoms with Crippen LogP contribution in [-0.4, -0.2) is 59.2 Å². The Morgan fingerprint density at radius 2 is 1.77 bits per heavy atom. The van der Waals surface area contributed by atoms with E-state index in [-0.39, 0.29) is 23.8 Å². The number of carbonyl (C=O) groups is 3. The van der Waals surface area contributed by atoms with Gasteiger partial charge in [0.25, 0.3) is 0 Å². The van der Waals surface area contributed by atoms with E-state index in [1.807, 2.05) is 18.2 Å². The molecule has 35 heavy (non-hydrogen) atoms. The van der Waals surface area contributed by atoms with Crippen LogP contribution in [0.15, 0.2) is 35.4 Å². The molecule has 1 saturated carbocycles. The Balaban J connectivity index is 1.42.